The van der Waals surface area contributed by atoms with Crippen LogP contribution in [0.3, 0.4) is 0 Å². The minimum atomic E-state index is -0.712. The molecule has 0 fully saturated rings. The number of hydrazone groups is 1. The molecule has 0 saturated heterocycles. The van der Waals surface area contributed by atoms with Gasteiger partial charge in [0.15, 0.2) is 0 Å². The van der Waals surface area contributed by atoms with Gasteiger partial charge in [0.2, 0.25) is 5.91 Å². The molecule has 3 rings (SSSR count). The zero-order valence-electron chi connectivity index (χ0n) is 13.0. The van der Waals surface area contributed by atoms with Crippen molar-refractivity contribution in [2.75, 3.05) is 0 Å². The van der Waals surface area contributed by atoms with E-state index in [0.717, 1.165) is 0 Å². The normalized spacial score (nSPS) is 16.1. The van der Waals surface area contributed by atoms with Crippen molar-refractivity contribution in [3.8, 4) is 0 Å². The highest BCUT2D eigenvalue weighted by Crippen LogP contribution is 2.21. The van der Waals surface area contributed by atoms with Gasteiger partial charge in [0, 0.05) is 11.6 Å². The third kappa shape index (κ3) is 3.52. The second-order valence-electron chi connectivity index (χ2n) is 5.43. The molecule has 1 heterocycles. The SMILES string of the molecule is O=C(Cc1ccccc1[N+](=O)[O-])NC1=NNC(=O)[C@@H]1c1ccccc1. The summed E-state index contributed by atoms with van der Waals surface area (Å²) in [6.07, 6.45) is -0.189. The Morgan fingerprint density at radius 3 is 2.56 bits per heavy atom. The molecule has 1 aliphatic heterocycles. The van der Waals surface area contributed by atoms with E-state index >= 15 is 0 Å². The number of para-hydroxylation sites is 1. The maximum atomic E-state index is 12.3. The standard InChI is InChI=1S/C17H14N4O4/c22-14(10-12-8-4-5-9-13(12)21(24)25)18-16-15(17(23)20-19-16)11-6-2-1-3-7-11/h1-9,15H,10H2,(H,20,23)(H,18,19,22)/t15-/m1/s1. The summed E-state index contributed by atoms with van der Waals surface area (Å²) >= 11 is 0. The van der Waals surface area contributed by atoms with Crippen molar-refractivity contribution in [1.29, 1.82) is 0 Å². The lowest BCUT2D eigenvalue weighted by atomic mass is 9.97. The number of nitro benzene ring substituents is 1. The summed E-state index contributed by atoms with van der Waals surface area (Å²) in [6, 6.07) is 14.9. The third-order valence-corrected chi connectivity index (χ3v) is 3.76. The van der Waals surface area contributed by atoms with E-state index in [1.807, 2.05) is 6.07 Å². The molecule has 0 saturated carbocycles. The lowest BCUT2D eigenvalue weighted by Gasteiger charge is -2.12. The molecular formula is C17H14N4O4. The Labute approximate surface area is 142 Å². The van der Waals surface area contributed by atoms with Gasteiger partial charge < -0.3 is 5.32 Å². The first-order valence-corrected chi connectivity index (χ1v) is 7.51. The molecule has 8 nitrogen and oxygen atoms in total. The first-order chi connectivity index (χ1) is 12.1. The summed E-state index contributed by atoms with van der Waals surface area (Å²) in [4.78, 5) is 34.8. The smallest absolute Gasteiger partial charge is 0.273 e. The van der Waals surface area contributed by atoms with Crippen LogP contribution in [0.15, 0.2) is 59.7 Å². The topological polar surface area (TPSA) is 114 Å². The third-order valence-electron chi connectivity index (χ3n) is 3.76. The summed E-state index contributed by atoms with van der Waals surface area (Å²) in [5.74, 6) is -1.35. The molecule has 0 bridgehead atoms. The van der Waals surface area contributed by atoms with Gasteiger partial charge in [-0.2, -0.15) is 5.10 Å². The minimum Gasteiger partial charge on any atom is -0.312 e. The number of nitrogens with one attached hydrogen (secondary N) is 2. The number of amidine groups is 1. The largest absolute Gasteiger partial charge is 0.312 e. The van der Waals surface area contributed by atoms with E-state index < -0.39 is 16.7 Å². The monoisotopic (exact) mass is 338 g/mol. The first kappa shape index (κ1) is 16.3. The van der Waals surface area contributed by atoms with E-state index in [-0.39, 0.29) is 23.9 Å². The van der Waals surface area contributed by atoms with E-state index in [9.17, 15) is 19.7 Å². The van der Waals surface area contributed by atoms with Crippen molar-refractivity contribution in [1.82, 2.24) is 10.7 Å². The maximum Gasteiger partial charge on any atom is 0.273 e. The lowest BCUT2D eigenvalue weighted by molar-refractivity contribution is -0.385. The molecule has 0 spiro atoms. The van der Waals surface area contributed by atoms with Crippen LogP contribution in [-0.2, 0) is 16.0 Å². The van der Waals surface area contributed by atoms with Gasteiger partial charge in [-0.1, -0.05) is 48.5 Å². The van der Waals surface area contributed by atoms with E-state index in [1.54, 1.807) is 30.3 Å². The molecule has 0 aromatic heterocycles. The molecule has 8 heteroatoms. The Balaban J connectivity index is 1.75. The molecular weight excluding hydrogens is 324 g/mol. The van der Waals surface area contributed by atoms with Gasteiger partial charge in [0.25, 0.3) is 11.6 Å². The quantitative estimate of drug-likeness (QED) is 0.649. The summed E-state index contributed by atoms with van der Waals surface area (Å²) < 4.78 is 0. The fourth-order valence-electron chi connectivity index (χ4n) is 2.62. The Morgan fingerprint density at radius 1 is 1.16 bits per heavy atom. The second kappa shape index (κ2) is 6.91. The number of benzene rings is 2. The number of nitro groups is 1. The summed E-state index contributed by atoms with van der Waals surface area (Å²) in [5.41, 5.74) is 3.21. The molecule has 0 radical (unpaired) electrons. The maximum absolute atomic E-state index is 12.3. The van der Waals surface area contributed by atoms with Gasteiger partial charge in [-0.05, 0) is 5.56 Å². The highest BCUT2D eigenvalue weighted by Gasteiger charge is 2.32. The summed E-state index contributed by atoms with van der Waals surface area (Å²) in [5, 5.41) is 17.5. The molecule has 1 atom stereocenters. The highest BCUT2D eigenvalue weighted by molar-refractivity contribution is 6.16. The van der Waals surface area contributed by atoms with E-state index in [1.165, 1.54) is 18.2 Å². The second-order valence-corrected chi connectivity index (χ2v) is 5.43. The zero-order chi connectivity index (χ0) is 17.8. The van der Waals surface area contributed by atoms with Crippen LogP contribution in [0.4, 0.5) is 5.69 Å². The first-order valence-electron chi connectivity index (χ1n) is 7.51. The number of carbonyl (C=O) groups excluding carboxylic acids is 2. The number of carbonyl (C=O) groups is 2. The van der Waals surface area contributed by atoms with Crippen molar-refractivity contribution < 1.29 is 14.5 Å². The van der Waals surface area contributed by atoms with E-state index in [4.69, 9.17) is 0 Å². The Morgan fingerprint density at radius 2 is 1.84 bits per heavy atom. The fourth-order valence-corrected chi connectivity index (χ4v) is 2.62. The molecule has 0 unspecified atom stereocenters. The number of nitrogens with zero attached hydrogens (tertiary/aromatic N) is 2. The number of hydrogen-bond acceptors (Lipinski definition) is 5. The Bertz CT molecular complexity index is 864. The average Bonchev–Trinajstić information content (AvgIpc) is 2.96. The van der Waals surface area contributed by atoms with Crippen molar-refractivity contribution in [2.45, 2.75) is 12.3 Å². The van der Waals surface area contributed by atoms with Gasteiger partial charge >= 0.3 is 0 Å². The van der Waals surface area contributed by atoms with Gasteiger partial charge in [-0.25, -0.2) is 5.43 Å². The molecule has 2 aromatic rings. The molecule has 2 amide bonds. The minimum absolute atomic E-state index is 0.125. The Hall–Kier alpha value is -3.55. The van der Waals surface area contributed by atoms with Gasteiger partial charge in [-0.15, -0.1) is 0 Å². The van der Waals surface area contributed by atoms with Crippen LogP contribution >= 0.6 is 0 Å². The summed E-state index contributed by atoms with van der Waals surface area (Å²) in [6.45, 7) is 0. The Kier molecular flexibility index (Phi) is 4.51. The van der Waals surface area contributed by atoms with Crippen molar-refractivity contribution in [3.63, 3.8) is 0 Å². The molecule has 126 valence electrons. The number of hydrogen-bond donors (Lipinski definition) is 2. The van der Waals surface area contributed by atoms with Gasteiger partial charge in [0.1, 0.15) is 11.8 Å². The van der Waals surface area contributed by atoms with Crippen LogP contribution in [0.1, 0.15) is 17.0 Å². The zero-order valence-corrected chi connectivity index (χ0v) is 13.0. The van der Waals surface area contributed by atoms with Crippen molar-refractivity contribution in [2.24, 2.45) is 5.10 Å². The van der Waals surface area contributed by atoms with Crippen LogP contribution in [0, 0.1) is 10.1 Å². The van der Waals surface area contributed by atoms with Crippen LogP contribution in [0.5, 0.6) is 0 Å². The van der Waals surface area contributed by atoms with Crippen LogP contribution in [0.2, 0.25) is 0 Å². The van der Waals surface area contributed by atoms with Crippen LogP contribution in [-0.4, -0.2) is 22.6 Å². The predicted molar refractivity (Wildman–Crippen MR) is 89.7 cm³/mol. The molecule has 2 aromatic carbocycles. The fraction of sp³-hybridized carbons (Fsp3) is 0.118. The van der Waals surface area contributed by atoms with Gasteiger partial charge in [-0.3, -0.25) is 19.7 Å². The van der Waals surface area contributed by atoms with Crippen LogP contribution < -0.4 is 10.7 Å². The van der Waals surface area contributed by atoms with Crippen molar-refractivity contribution in [3.05, 3.63) is 75.8 Å². The lowest BCUT2D eigenvalue weighted by Crippen LogP contribution is -2.36. The molecule has 0 aliphatic carbocycles. The van der Waals surface area contributed by atoms with E-state index in [0.29, 0.717) is 11.1 Å². The summed E-state index contributed by atoms with van der Waals surface area (Å²) in [7, 11) is 0. The number of amides is 2. The van der Waals surface area contributed by atoms with Gasteiger partial charge in [0.05, 0.1) is 11.3 Å². The highest BCUT2D eigenvalue weighted by atomic mass is 16.6. The molecule has 2 N–H and O–H groups in total. The average molecular weight is 338 g/mol. The van der Waals surface area contributed by atoms with Crippen molar-refractivity contribution >= 4 is 23.3 Å². The predicted octanol–water partition coefficient (Wildman–Crippen LogP) is 1.48. The van der Waals surface area contributed by atoms with Crippen LogP contribution in [0.25, 0.3) is 0 Å². The van der Waals surface area contributed by atoms with E-state index in [2.05, 4.69) is 15.8 Å². The molecule has 1 aliphatic rings. The molecule has 25 heavy (non-hydrogen) atoms. The number of rotatable bonds is 4.